The lowest BCUT2D eigenvalue weighted by Crippen LogP contribution is -2.51. The lowest BCUT2D eigenvalue weighted by Gasteiger charge is -2.45. The highest BCUT2D eigenvalue weighted by Gasteiger charge is 2.45. The van der Waals surface area contributed by atoms with Crippen molar-refractivity contribution >= 4 is 29.1 Å². The van der Waals surface area contributed by atoms with E-state index in [9.17, 15) is 9.36 Å². The Hall–Kier alpha value is -0.410. The van der Waals surface area contributed by atoms with Crippen molar-refractivity contribution in [2.75, 3.05) is 59.6 Å². The Kier molecular flexibility index (Phi) is 8.84. The molecule has 30 heavy (non-hydrogen) atoms. The second-order valence-electron chi connectivity index (χ2n) is 8.18. The van der Waals surface area contributed by atoms with E-state index in [0.29, 0.717) is 58.7 Å². The van der Waals surface area contributed by atoms with E-state index >= 15 is 0 Å². The van der Waals surface area contributed by atoms with Gasteiger partial charge in [0.2, 0.25) is 5.91 Å². The lowest BCUT2D eigenvalue weighted by atomic mass is 9.98. The van der Waals surface area contributed by atoms with Crippen molar-refractivity contribution < 1.29 is 28.1 Å². The van der Waals surface area contributed by atoms with Crippen molar-refractivity contribution in [3.63, 3.8) is 0 Å². The van der Waals surface area contributed by atoms with Crippen LogP contribution in [0, 0.1) is 0 Å². The van der Waals surface area contributed by atoms with Crippen LogP contribution in [0.3, 0.4) is 0 Å². The SMILES string of the molecule is [B]C1CNCC(COP(=O)(C2CCN(C(C)=O)CC2)N2CC([B])OC(COC)C2)O1. The van der Waals surface area contributed by atoms with Gasteiger partial charge in [0.05, 0.1) is 31.1 Å². The minimum atomic E-state index is -3.28. The van der Waals surface area contributed by atoms with Gasteiger partial charge in [-0.05, 0) is 12.8 Å². The van der Waals surface area contributed by atoms with Crippen molar-refractivity contribution in [3.8, 4) is 0 Å². The number of ether oxygens (including phenoxy) is 3. The highest BCUT2D eigenvalue weighted by atomic mass is 31.2. The summed E-state index contributed by atoms with van der Waals surface area (Å²) in [5.74, 6) is 0.0356. The molecule has 3 heterocycles. The first-order chi connectivity index (χ1) is 14.3. The van der Waals surface area contributed by atoms with Gasteiger partial charge < -0.3 is 29.0 Å². The number of nitrogens with zero attached hydrogens (tertiary/aromatic N) is 2. The summed E-state index contributed by atoms with van der Waals surface area (Å²) >= 11 is 0. The first-order valence-corrected chi connectivity index (χ1v) is 12.2. The van der Waals surface area contributed by atoms with Gasteiger partial charge in [-0.25, -0.2) is 4.67 Å². The molecule has 3 aliphatic heterocycles. The summed E-state index contributed by atoms with van der Waals surface area (Å²) in [7, 11) is 10.3. The monoisotopic (exact) mass is 439 g/mol. The van der Waals surface area contributed by atoms with Crippen LogP contribution in [0.2, 0.25) is 0 Å². The highest BCUT2D eigenvalue weighted by Crippen LogP contribution is 2.59. The molecule has 3 saturated heterocycles. The van der Waals surface area contributed by atoms with Gasteiger partial charge in [-0.3, -0.25) is 9.36 Å². The molecule has 1 N–H and O–H groups in total. The van der Waals surface area contributed by atoms with E-state index in [-0.39, 0.29) is 30.4 Å². The van der Waals surface area contributed by atoms with Gasteiger partial charge in [0.15, 0.2) is 0 Å². The average molecular weight is 439 g/mol. The van der Waals surface area contributed by atoms with Crippen molar-refractivity contribution in [1.29, 1.82) is 0 Å². The van der Waals surface area contributed by atoms with Crippen LogP contribution in [0.1, 0.15) is 19.8 Å². The van der Waals surface area contributed by atoms with E-state index in [2.05, 4.69) is 5.32 Å². The van der Waals surface area contributed by atoms with Gasteiger partial charge in [0.25, 0.3) is 7.52 Å². The Bertz CT molecular complexity index is 625. The quantitative estimate of drug-likeness (QED) is 0.421. The normalized spacial score (nSPS) is 33.9. The first kappa shape index (κ1) is 24.2. The molecule has 3 fully saturated rings. The van der Waals surface area contributed by atoms with Gasteiger partial charge >= 0.3 is 0 Å². The fourth-order valence-electron chi connectivity index (χ4n) is 4.30. The molecule has 3 aliphatic rings. The number of morpholine rings is 2. The Labute approximate surface area is 181 Å². The van der Waals surface area contributed by atoms with Crippen molar-refractivity contribution in [2.45, 2.75) is 49.6 Å². The molecule has 0 bridgehead atoms. The maximum atomic E-state index is 14.4. The number of carbonyl (C=O) groups is 1. The molecule has 0 spiro atoms. The molecule has 12 heteroatoms. The van der Waals surface area contributed by atoms with Crippen molar-refractivity contribution in [1.82, 2.24) is 14.9 Å². The maximum Gasteiger partial charge on any atom is 0.275 e. The summed E-state index contributed by atoms with van der Waals surface area (Å²) < 4.78 is 39.0. The molecule has 3 rings (SSSR count). The first-order valence-electron chi connectivity index (χ1n) is 10.6. The summed E-state index contributed by atoms with van der Waals surface area (Å²) in [4.78, 5) is 13.5. The molecule has 9 nitrogen and oxygen atoms in total. The van der Waals surface area contributed by atoms with E-state index in [1.165, 1.54) is 0 Å². The number of methoxy groups -OCH3 is 1. The van der Waals surface area contributed by atoms with Crippen LogP contribution in [0.4, 0.5) is 0 Å². The molecule has 0 aromatic carbocycles. The summed E-state index contributed by atoms with van der Waals surface area (Å²) in [5, 5.41) is 3.20. The number of rotatable bonds is 7. The molecule has 0 aromatic heterocycles. The molecule has 0 aliphatic carbocycles. The van der Waals surface area contributed by atoms with E-state index in [1.54, 1.807) is 18.9 Å². The van der Waals surface area contributed by atoms with Crippen LogP contribution in [0.5, 0.6) is 0 Å². The van der Waals surface area contributed by atoms with Gasteiger partial charge in [0.1, 0.15) is 15.7 Å². The zero-order valence-electron chi connectivity index (χ0n) is 17.9. The van der Waals surface area contributed by atoms with Crippen LogP contribution >= 0.6 is 7.52 Å². The standard InChI is InChI=1S/C18H32B2N3O6P/c1-13(24)22-5-3-16(4-6-22)30(25,27-12-14-7-21-8-17(19)28-14)23-9-15(11-26-2)29-18(20)10-23/h14-18,21H,3-12H2,1-2H3. The van der Waals surface area contributed by atoms with E-state index in [0.717, 1.165) is 0 Å². The minimum Gasteiger partial charge on any atom is -0.382 e. The van der Waals surface area contributed by atoms with Crippen LogP contribution in [-0.4, -0.2) is 121 Å². The summed E-state index contributed by atoms with van der Waals surface area (Å²) in [6.45, 7) is 5.12. The third kappa shape index (κ3) is 6.09. The Morgan fingerprint density at radius 2 is 1.80 bits per heavy atom. The molecule has 0 saturated carbocycles. The Morgan fingerprint density at radius 1 is 1.10 bits per heavy atom. The fourth-order valence-corrected chi connectivity index (χ4v) is 7.20. The van der Waals surface area contributed by atoms with Crippen molar-refractivity contribution in [2.24, 2.45) is 0 Å². The Morgan fingerprint density at radius 3 is 2.43 bits per heavy atom. The van der Waals surface area contributed by atoms with Crippen LogP contribution < -0.4 is 5.32 Å². The smallest absolute Gasteiger partial charge is 0.275 e. The molecule has 0 aromatic rings. The highest BCUT2D eigenvalue weighted by molar-refractivity contribution is 7.57. The van der Waals surface area contributed by atoms with Gasteiger partial charge in [-0.15, -0.1) is 0 Å². The summed E-state index contributed by atoms with van der Waals surface area (Å²) in [6, 6.07) is -0.984. The molecule has 5 unspecified atom stereocenters. The zero-order chi connectivity index (χ0) is 21.7. The zero-order valence-corrected chi connectivity index (χ0v) is 18.8. The maximum absolute atomic E-state index is 14.4. The van der Waals surface area contributed by atoms with Crippen molar-refractivity contribution in [3.05, 3.63) is 0 Å². The number of nitrogens with one attached hydrogen (secondary N) is 1. The van der Waals surface area contributed by atoms with Gasteiger partial charge in [-0.1, -0.05) is 0 Å². The fraction of sp³-hybridized carbons (Fsp3) is 0.944. The number of likely N-dealkylation sites (tertiary alicyclic amines) is 1. The second-order valence-corrected chi connectivity index (χ2v) is 10.9. The third-order valence-electron chi connectivity index (χ3n) is 5.82. The average Bonchev–Trinajstić information content (AvgIpc) is 2.72. The van der Waals surface area contributed by atoms with E-state index < -0.39 is 19.5 Å². The van der Waals surface area contributed by atoms with Gasteiger partial charge in [0, 0.05) is 65.3 Å². The molecular formula is C18H32B2N3O6P. The van der Waals surface area contributed by atoms with Crippen LogP contribution in [0.25, 0.3) is 0 Å². The predicted octanol–water partition coefficient (Wildman–Crippen LogP) is -0.468. The van der Waals surface area contributed by atoms with Crippen LogP contribution in [0.15, 0.2) is 0 Å². The second kappa shape index (κ2) is 10.9. The molecule has 166 valence electrons. The number of hydrogen-bond donors (Lipinski definition) is 1. The largest absolute Gasteiger partial charge is 0.382 e. The molecule has 4 radical (unpaired) electrons. The summed E-state index contributed by atoms with van der Waals surface area (Å²) in [6.07, 6.45) is 0.668. The number of carbonyl (C=O) groups excluding carboxylic acids is 1. The molecule has 5 atom stereocenters. The number of amides is 1. The Balaban J connectivity index is 1.73. The predicted molar refractivity (Wildman–Crippen MR) is 114 cm³/mol. The number of piperidine rings is 1. The summed E-state index contributed by atoms with van der Waals surface area (Å²) in [5.41, 5.74) is -0.188. The third-order valence-corrected chi connectivity index (χ3v) is 8.89. The van der Waals surface area contributed by atoms with Crippen LogP contribution in [-0.2, 0) is 28.1 Å². The minimum absolute atomic E-state index is 0.0356. The molecule has 1 amide bonds. The number of hydrogen-bond acceptors (Lipinski definition) is 7. The van der Waals surface area contributed by atoms with Gasteiger partial charge in [-0.2, -0.15) is 0 Å². The van der Waals surface area contributed by atoms with E-state index in [1.807, 2.05) is 4.67 Å². The topological polar surface area (TPSA) is 89.6 Å². The van der Waals surface area contributed by atoms with E-state index in [4.69, 9.17) is 34.4 Å². The molecular weight excluding hydrogens is 407 g/mol. The lowest BCUT2D eigenvalue weighted by molar-refractivity contribution is -0.129.